The summed E-state index contributed by atoms with van der Waals surface area (Å²) in [6.07, 6.45) is -1.37. The number of rotatable bonds is 2. The summed E-state index contributed by atoms with van der Waals surface area (Å²) in [5.41, 5.74) is 2.19. The van der Waals surface area contributed by atoms with Crippen LogP contribution in [0.1, 0.15) is 16.7 Å². The fraction of sp³-hybridized carbons (Fsp3) is 0.200. The van der Waals surface area contributed by atoms with Crippen LogP contribution in [-0.2, 0) is 21.8 Å². The Hall–Kier alpha value is -1.47. The van der Waals surface area contributed by atoms with Crippen molar-refractivity contribution in [3.05, 3.63) is 28.8 Å². The fourth-order valence-electron chi connectivity index (χ4n) is 1.68. The maximum atomic E-state index is 10.6. The van der Waals surface area contributed by atoms with Gasteiger partial charge in [-0.1, -0.05) is 0 Å². The van der Waals surface area contributed by atoms with E-state index in [0.717, 1.165) is 16.5 Å². The Labute approximate surface area is 103 Å². The average Bonchev–Trinajstić information content (AvgIpc) is 2.69. The first-order valence-corrected chi connectivity index (χ1v) is 6.93. The first-order chi connectivity index (χ1) is 8.08. The summed E-state index contributed by atoms with van der Waals surface area (Å²) in [5.74, 6) is 1.58. The second kappa shape index (κ2) is 4.80. The summed E-state index contributed by atoms with van der Waals surface area (Å²) in [7, 11) is -2.27. The number of thioether (sulfide) groups is 1. The number of hydrogen-bond donors (Lipinski definition) is 1. The first kappa shape index (κ1) is 12.0. The van der Waals surface area contributed by atoms with Crippen molar-refractivity contribution in [2.45, 2.75) is 11.5 Å². The van der Waals surface area contributed by atoms with Gasteiger partial charge in [-0.05, 0) is 23.3 Å². The molecule has 90 valence electrons. The molecule has 0 radical (unpaired) electrons. The van der Waals surface area contributed by atoms with E-state index in [1.54, 1.807) is 17.8 Å². The van der Waals surface area contributed by atoms with Gasteiger partial charge in [0.2, 0.25) is 10.3 Å². The molecule has 2 rings (SSSR count). The molecule has 17 heavy (non-hydrogen) atoms. The minimum absolute atomic E-state index is 0.284. The van der Waals surface area contributed by atoms with Gasteiger partial charge < -0.3 is 9.84 Å². The van der Waals surface area contributed by atoms with E-state index in [4.69, 9.17) is 5.11 Å². The van der Waals surface area contributed by atoms with Crippen LogP contribution >= 0.6 is 11.8 Å². The van der Waals surface area contributed by atoms with Gasteiger partial charge in [0.25, 0.3) is 0 Å². The van der Waals surface area contributed by atoms with Crippen LogP contribution in [0.4, 0.5) is 4.79 Å². The molecule has 1 aromatic rings. The van der Waals surface area contributed by atoms with Crippen LogP contribution in [0, 0.1) is 0 Å². The average molecular weight is 272 g/mol. The van der Waals surface area contributed by atoms with E-state index in [9.17, 15) is 13.2 Å². The topological polar surface area (TPSA) is 80.7 Å². The van der Waals surface area contributed by atoms with Crippen molar-refractivity contribution >= 4 is 33.6 Å². The minimum Gasteiger partial charge on any atom is -0.449 e. The smallest absolute Gasteiger partial charge is 0.449 e. The summed E-state index contributed by atoms with van der Waals surface area (Å²) < 4.78 is 25.9. The Morgan fingerprint density at radius 2 is 2.06 bits per heavy atom. The molecular weight excluding hydrogens is 264 g/mol. The predicted octanol–water partition coefficient (Wildman–Crippen LogP) is 1.52. The van der Waals surface area contributed by atoms with Gasteiger partial charge in [0.15, 0.2) is 0 Å². The first-order valence-electron chi connectivity index (χ1n) is 4.64. The van der Waals surface area contributed by atoms with Gasteiger partial charge in [-0.2, -0.15) is 20.2 Å². The van der Waals surface area contributed by atoms with Gasteiger partial charge in [-0.25, -0.2) is 4.79 Å². The zero-order valence-corrected chi connectivity index (χ0v) is 10.2. The monoisotopic (exact) mass is 272 g/mol. The van der Waals surface area contributed by atoms with E-state index in [0.29, 0.717) is 17.1 Å². The Morgan fingerprint density at radius 3 is 2.71 bits per heavy atom. The number of carboxylic acid groups (broad SMARTS) is 1. The highest BCUT2D eigenvalue weighted by Crippen LogP contribution is 2.37. The van der Waals surface area contributed by atoms with Gasteiger partial charge in [0.1, 0.15) is 5.75 Å². The molecule has 0 saturated carbocycles. The van der Waals surface area contributed by atoms with E-state index in [1.165, 1.54) is 6.07 Å². The van der Waals surface area contributed by atoms with Gasteiger partial charge in [0.05, 0.1) is 5.37 Å². The van der Waals surface area contributed by atoms with Crippen LogP contribution in [0.3, 0.4) is 0 Å². The molecule has 0 aromatic heterocycles. The van der Waals surface area contributed by atoms with Crippen molar-refractivity contribution in [1.29, 1.82) is 0 Å². The summed E-state index contributed by atoms with van der Waals surface area (Å²) in [4.78, 5) is 10.5. The highest BCUT2D eigenvalue weighted by molar-refractivity contribution is 7.98. The molecule has 5 nitrogen and oxygen atoms in total. The molecule has 1 heterocycles. The Bertz CT molecular complexity index is 595. The number of fused-ring (bicyclic) bond motifs is 1. The van der Waals surface area contributed by atoms with Gasteiger partial charge in [-0.15, -0.1) is 0 Å². The molecule has 1 aliphatic heterocycles. The summed E-state index contributed by atoms with van der Waals surface area (Å²) in [6.45, 7) is 0. The molecule has 0 fully saturated rings. The number of hydrogen-bond acceptors (Lipinski definition) is 5. The maximum Gasteiger partial charge on any atom is 0.511 e. The highest BCUT2D eigenvalue weighted by atomic mass is 32.2. The van der Waals surface area contributed by atoms with E-state index in [2.05, 4.69) is 4.74 Å². The number of benzene rings is 1. The molecule has 0 aliphatic carbocycles. The molecule has 0 spiro atoms. The Kier molecular flexibility index (Phi) is 3.39. The fourth-order valence-corrected chi connectivity index (χ4v) is 3.27. The molecule has 0 bridgehead atoms. The van der Waals surface area contributed by atoms with Gasteiger partial charge in [0, 0.05) is 17.1 Å². The van der Waals surface area contributed by atoms with E-state index >= 15 is 0 Å². The molecule has 0 amide bonds. The zero-order chi connectivity index (χ0) is 12.4. The van der Waals surface area contributed by atoms with Crippen molar-refractivity contribution in [2.24, 2.45) is 0 Å². The van der Waals surface area contributed by atoms with Crippen molar-refractivity contribution < 1.29 is 23.1 Å². The lowest BCUT2D eigenvalue weighted by Gasteiger charge is -2.07. The van der Waals surface area contributed by atoms with Gasteiger partial charge in [-0.3, -0.25) is 0 Å². The summed E-state index contributed by atoms with van der Waals surface area (Å²) >= 11 is 1.59. The number of carbonyl (C=O) groups is 1. The third-order valence-corrected chi connectivity index (χ3v) is 3.77. The summed E-state index contributed by atoms with van der Waals surface area (Å²) in [5, 5.41) is 9.70. The lowest BCUT2D eigenvalue weighted by atomic mass is 10.0. The SMILES string of the molecule is O=C(O)Oc1ccc(C=S(=O)=O)c2c1CSC2. The quantitative estimate of drug-likeness (QED) is 0.499. The van der Waals surface area contributed by atoms with Crippen molar-refractivity contribution in [2.75, 3.05) is 0 Å². The molecule has 1 N–H and O–H groups in total. The van der Waals surface area contributed by atoms with E-state index < -0.39 is 16.4 Å². The molecule has 1 aromatic carbocycles. The van der Waals surface area contributed by atoms with Crippen LogP contribution < -0.4 is 4.74 Å². The van der Waals surface area contributed by atoms with Gasteiger partial charge >= 0.3 is 6.16 Å². The molecule has 0 atom stereocenters. The highest BCUT2D eigenvalue weighted by Gasteiger charge is 2.20. The molecule has 1 aliphatic rings. The van der Waals surface area contributed by atoms with Crippen LogP contribution in [0.15, 0.2) is 12.1 Å². The Balaban J connectivity index is 2.52. The lowest BCUT2D eigenvalue weighted by molar-refractivity contribution is 0.144. The second-order valence-electron chi connectivity index (χ2n) is 3.35. The lowest BCUT2D eigenvalue weighted by Crippen LogP contribution is -2.06. The predicted molar refractivity (Wildman–Crippen MR) is 64.2 cm³/mol. The molecule has 0 saturated heterocycles. The molecule has 7 heteroatoms. The number of ether oxygens (including phenoxy) is 1. The third kappa shape index (κ3) is 2.62. The zero-order valence-electron chi connectivity index (χ0n) is 8.54. The van der Waals surface area contributed by atoms with E-state index in [1.807, 2.05) is 0 Å². The van der Waals surface area contributed by atoms with Crippen LogP contribution in [0.2, 0.25) is 0 Å². The normalized spacial score (nSPS) is 12.9. The third-order valence-electron chi connectivity index (χ3n) is 2.34. The van der Waals surface area contributed by atoms with Crippen LogP contribution in [-0.4, -0.2) is 25.0 Å². The minimum atomic E-state index is -2.27. The maximum absolute atomic E-state index is 10.6. The second-order valence-corrected chi connectivity index (χ2v) is 5.09. The van der Waals surface area contributed by atoms with Crippen molar-refractivity contribution in [1.82, 2.24) is 0 Å². The van der Waals surface area contributed by atoms with Crippen LogP contribution in [0.25, 0.3) is 0 Å². The molecular formula is C10H8O5S2. The van der Waals surface area contributed by atoms with Crippen molar-refractivity contribution in [3.63, 3.8) is 0 Å². The summed E-state index contributed by atoms with van der Waals surface area (Å²) in [6, 6.07) is 3.04. The van der Waals surface area contributed by atoms with E-state index in [-0.39, 0.29) is 5.75 Å². The standard InChI is InChI=1S/C10H8O5S2/c11-10(12)15-9-2-1-6(5-17(13)14)7-3-16-4-8(7)9/h1-2,5H,3-4H2,(H,11,12). The largest absolute Gasteiger partial charge is 0.511 e. The van der Waals surface area contributed by atoms with Crippen LogP contribution in [0.5, 0.6) is 5.75 Å². The van der Waals surface area contributed by atoms with Crippen molar-refractivity contribution in [3.8, 4) is 5.75 Å². The molecule has 0 unspecified atom stereocenters. The Morgan fingerprint density at radius 1 is 1.35 bits per heavy atom.